The Hall–Kier alpha value is -1.46. The second-order valence-corrected chi connectivity index (χ2v) is 5.03. The van der Waals surface area contributed by atoms with Gasteiger partial charge in [-0.3, -0.25) is 15.4 Å². The van der Waals surface area contributed by atoms with Gasteiger partial charge in [0.2, 0.25) is 0 Å². The highest BCUT2D eigenvalue weighted by Crippen LogP contribution is 2.33. The molecule has 18 heavy (non-hydrogen) atoms. The number of nitro groups is 1. The number of hydrogen-bond acceptors (Lipinski definition) is 4. The molecule has 0 aromatic heterocycles. The summed E-state index contributed by atoms with van der Waals surface area (Å²) >= 11 is 0. The van der Waals surface area contributed by atoms with Gasteiger partial charge >= 0.3 is 0 Å². The molecule has 2 fully saturated rings. The molecule has 3 atom stereocenters. The Bertz CT molecular complexity index is 446. The highest BCUT2D eigenvalue weighted by atomic mass is 16.6. The summed E-state index contributed by atoms with van der Waals surface area (Å²) in [6.45, 7) is 0.791. The van der Waals surface area contributed by atoms with Crippen molar-refractivity contribution in [2.45, 2.75) is 31.5 Å². The van der Waals surface area contributed by atoms with E-state index in [0.29, 0.717) is 12.0 Å². The monoisotopic (exact) mass is 248 g/mol. The Balaban J connectivity index is 1.73. The molecular weight excluding hydrogens is 232 g/mol. The van der Waals surface area contributed by atoms with E-state index in [1.54, 1.807) is 12.1 Å². The van der Waals surface area contributed by atoms with Crippen LogP contribution in [0, 0.1) is 16.0 Å². The molecule has 96 valence electrons. The van der Waals surface area contributed by atoms with E-state index in [4.69, 9.17) is 4.74 Å². The second-order valence-electron chi connectivity index (χ2n) is 5.03. The molecule has 0 amide bonds. The normalized spacial score (nSPS) is 31.0. The smallest absolute Gasteiger partial charge is 0.269 e. The van der Waals surface area contributed by atoms with E-state index in [1.165, 1.54) is 31.4 Å². The minimum Gasteiger partial charge on any atom is -0.359 e. The van der Waals surface area contributed by atoms with E-state index in [2.05, 4.69) is 5.32 Å². The van der Waals surface area contributed by atoms with Crippen LogP contribution in [-0.2, 0) is 4.74 Å². The summed E-state index contributed by atoms with van der Waals surface area (Å²) in [5.41, 5.74) is 1.08. The number of non-ortho nitro benzene ring substituents is 1. The lowest BCUT2D eigenvalue weighted by molar-refractivity contribution is -0.384. The zero-order valence-electron chi connectivity index (χ0n) is 10.0. The lowest BCUT2D eigenvalue weighted by atomic mass is 10.0. The maximum absolute atomic E-state index is 10.6. The number of fused-ring (bicyclic) bond motifs is 1. The molecule has 1 N–H and O–H groups in total. The number of nitrogens with one attached hydrogen (secondary N) is 1. The van der Waals surface area contributed by atoms with Crippen LogP contribution >= 0.6 is 0 Å². The zero-order chi connectivity index (χ0) is 12.5. The molecule has 1 aromatic rings. The first-order valence-corrected chi connectivity index (χ1v) is 6.36. The molecule has 3 rings (SSSR count). The molecule has 5 heteroatoms. The van der Waals surface area contributed by atoms with Gasteiger partial charge in [-0.15, -0.1) is 0 Å². The molecule has 0 bridgehead atoms. The van der Waals surface area contributed by atoms with Crippen LogP contribution in [0.1, 0.15) is 31.1 Å². The first-order valence-electron chi connectivity index (χ1n) is 6.36. The molecule has 1 heterocycles. The Kier molecular flexibility index (Phi) is 3.01. The molecule has 1 saturated carbocycles. The number of ether oxygens (including phenoxy) is 1. The van der Waals surface area contributed by atoms with Gasteiger partial charge in [0, 0.05) is 18.2 Å². The molecule has 2 aliphatic rings. The van der Waals surface area contributed by atoms with Crippen LogP contribution in [0.25, 0.3) is 0 Å². The van der Waals surface area contributed by atoms with E-state index in [1.807, 2.05) is 0 Å². The highest BCUT2D eigenvalue weighted by molar-refractivity contribution is 5.33. The molecule has 1 aliphatic carbocycles. The van der Waals surface area contributed by atoms with Crippen LogP contribution < -0.4 is 5.32 Å². The van der Waals surface area contributed by atoms with E-state index in [9.17, 15) is 10.1 Å². The van der Waals surface area contributed by atoms with Crippen LogP contribution in [0.2, 0.25) is 0 Å². The molecule has 0 spiro atoms. The largest absolute Gasteiger partial charge is 0.359 e. The SMILES string of the molecule is O=[N+]([O-])c1ccc(C2NC3CCCC3CO2)cc1. The summed E-state index contributed by atoms with van der Waals surface area (Å²) in [6, 6.07) is 7.14. The lowest BCUT2D eigenvalue weighted by Gasteiger charge is -2.33. The number of nitro benzene ring substituents is 1. The predicted molar refractivity (Wildman–Crippen MR) is 66.1 cm³/mol. The average Bonchev–Trinajstić information content (AvgIpc) is 2.86. The number of rotatable bonds is 2. The van der Waals surface area contributed by atoms with Gasteiger partial charge < -0.3 is 4.74 Å². The number of hydrogen-bond donors (Lipinski definition) is 1. The van der Waals surface area contributed by atoms with Crippen molar-refractivity contribution in [1.29, 1.82) is 0 Å². The molecule has 3 unspecified atom stereocenters. The van der Waals surface area contributed by atoms with Gasteiger partial charge in [0.1, 0.15) is 6.23 Å². The summed E-state index contributed by atoms with van der Waals surface area (Å²) < 4.78 is 5.80. The molecular formula is C13H16N2O3. The van der Waals surface area contributed by atoms with Gasteiger partial charge in [0.05, 0.1) is 11.5 Å². The van der Waals surface area contributed by atoms with E-state index < -0.39 is 0 Å². The summed E-state index contributed by atoms with van der Waals surface area (Å²) in [4.78, 5) is 10.2. The number of nitrogens with zero attached hydrogens (tertiary/aromatic N) is 1. The van der Waals surface area contributed by atoms with Crippen LogP contribution in [0.4, 0.5) is 5.69 Å². The van der Waals surface area contributed by atoms with Gasteiger partial charge in [-0.05, 0) is 36.5 Å². The van der Waals surface area contributed by atoms with Crippen molar-refractivity contribution in [3.05, 3.63) is 39.9 Å². The van der Waals surface area contributed by atoms with Crippen molar-refractivity contribution in [2.24, 2.45) is 5.92 Å². The predicted octanol–water partition coefficient (Wildman–Crippen LogP) is 2.38. The van der Waals surface area contributed by atoms with Crippen LogP contribution in [0.3, 0.4) is 0 Å². The summed E-state index contributed by atoms with van der Waals surface area (Å²) in [5.74, 6) is 0.638. The second kappa shape index (κ2) is 4.66. The fraction of sp³-hybridized carbons (Fsp3) is 0.538. The average molecular weight is 248 g/mol. The highest BCUT2D eigenvalue weighted by Gasteiger charge is 2.34. The van der Waals surface area contributed by atoms with Crippen LogP contribution in [-0.4, -0.2) is 17.6 Å². The fourth-order valence-corrected chi connectivity index (χ4v) is 2.88. The summed E-state index contributed by atoms with van der Waals surface area (Å²) in [5, 5.41) is 14.1. The maximum atomic E-state index is 10.6. The Labute approximate surface area is 105 Å². The zero-order valence-corrected chi connectivity index (χ0v) is 10.0. The third kappa shape index (κ3) is 2.11. The lowest BCUT2D eigenvalue weighted by Crippen LogP contribution is -2.43. The summed E-state index contributed by atoms with van der Waals surface area (Å²) in [7, 11) is 0. The Morgan fingerprint density at radius 3 is 2.78 bits per heavy atom. The fourth-order valence-electron chi connectivity index (χ4n) is 2.88. The third-order valence-electron chi connectivity index (χ3n) is 3.91. The van der Waals surface area contributed by atoms with Gasteiger partial charge in [0.25, 0.3) is 5.69 Å². The van der Waals surface area contributed by atoms with Gasteiger partial charge in [-0.2, -0.15) is 0 Å². The van der Waals surface area contributed by atoms with E-state index >= 15 is 0 Å². The van der Waals surface area contributed by atoms with E-state index in [-0.39, 0.29) is 16.8 Å². The Morgan fingerprint density at radius 1 is 1.28 bits per heavy atom. The van der Waals surface area contributed by atoms with Gasteiger partial charge in [-0.25, -0.2) is 0 Å². The molecule has 5 nitrogen and oxygen atoms in total. The first kappa shape index (κ1) is 11.6. The van der Waals surface area contributed by atoms with Crippen LogP contribution in [0.15, 0.2) is 24.3 Å². The number of benzene rings is 1. The van der Waals surface area contributed by atoms with Gasteiger partial charge in [0.15, 0.2) is 0 Å². The van der Waals surface area contributed by atoms with Crippen molar-refractivity contribution < 1.29 is 9.66 Å². The van der Waals surface area contributed by atoms with Crippen molar-refractivity contribution in [1.82, 2.24) is 5.32 Å². The first-order chi connectivity index (χ1) is 8.74. The van der Waals surface area contributed by atoms with Gasteiger partial charge in [-0.1, -0.05) is 6.42 Å². The van der Waals surface area contributed by atoms with Crippen molar-refractivity contribution >= 4 is 5.69 Å². The Morgan fingerprint density at radius 2 is 2.06 bits per heavy atom. The molecule has 1 aromatic carbocycles. The minimum atomic E-state index is -0.383. The molecule has 1 aliphatic heterocycles. The summed E-state index contributed by atoms with van der Waals surface area (Å²) in [6.07, 6.45) is 3.59. The molecule has 1 saturated heterocycles. The standard InChI is InChI=1S/C13H16N2O3/c16-15(17)11-6-4-9(5-7-11)13-14-12-3-1-2-10(12)8-18-13/h4-7,10,12-14H,1-3,8H2. The maximum Gasteiger partial charge on any atom is 0.269 e. The quantitative estimate of drug-likeness (QED) is 0.644. The topological polar surface area (TPSA) is 64.4 Å². The van der Waals surface area contributed by atoms with Crippen molar-refractivity contribution in [3.63, 3.8) is 0 Å². The third-order valence-corrected chi connectivity index (χ3v) is 3.91. The van der Waals surface area contributed by atoms with E-state index in [0.717, 1.165) is 12.2 Å². The molecule has 0 radical (unpaired) electrons. The van der Waals surface area contributed by atoms with Crippen molar-refractivity contribution in [3.8, 4) is 0 Å². The van der Waals surface area contributed by atoms with Crippen molar-refractivity contribution in [2.75, 3.05) is 6.61 Å². The minimum absolute atomic E-state index is 0.119. The van der Waals surface area contributed by atoms with Crippen LogP contribution in [0.5, 0.6) is 0 Å².